The summed E-state index contributed by atoms with van der Waals surface area (Å²) in [6.45, 7) is 0. The van der Waals surface area contributed by atoms with Crippen LogP contribution in [0.4, 0.5) is 0 Å². The van der Waals surface area contributed by atoms with Crippen LogP contribution in [-0.2, 0) is 14.3 Å². The Hall–Kier alpha value is -1.55. The SMILES string of the molecule is COC1=C(Br)C(=O)O/C1=C/c1ccccc1. The molecule has 0 aromatic heterocycles. The van der Waals surface area contributed by atoms with Gasteiger partial charge in [-0.3, -0.25) is 0 Å². The number of carbonyl (C=O) groups excluding carboxylic acids is 1. The molecule has 0 saturated carbocycles. The van der Waals surface area contributed by atoms with Crippen molar-refractivity contribution < 1.29 is 14.3 Å². The van der Waals surface area contributed by atoms with Crippen LogP contribution >= 0.6 is 15.9 Å². The largest absolute Gasteiger partial charge is 0.491 e. The number of methoxy groups -OCH3 is 1. The Balaban J connectivity index is 2.37. The van der Waals surface area contributed by atoms with Gasteiger partial charge < -0.3 is 9.47 Å². The van der Waals surface area contributed by atoms with Gasteiger partial charge in [-0.25, -0.2) is 4.79 Å². The molecular weight excluding hydrogens is 272 g/mol. The van der Waals surface area contributed by atoms with Gasteiger partial charge in [0.2, 0.25) is 0 Å². The van der Waals surface area contributed by atoms with Gasteiger partial charge in [-0.1, -0.05) is 30.3 Å². The van der Waals surface area contributed by atoms with Gasteiger partial charge in [-0.05, 0) is 27.6 Å². The van der Waals surface area contributed by atoms with E-state index in [1.54, 1.807) is 6.08 Å². The van der Waals surface area contributed by atoms with E-state index in [0.29, 0.717) is 16.0 Å². The molecule has 82 valence electrons. The molecular formula is C12H9BrO3. The maximum atomic E-state index is 11.3. The van der Waals surface area contributed by atoms with Crippen molar-refractivity contribution in [3.05, 3.63) is 51.9 Å². The monoisotopic (exact) mass is 280 g/mol. The number of rotatable bonds is 2. The van der Waals surface area contributed by atoms with Crippen LogP contribution in [0.2, 0.25) is 0 Å². The number of hydrogen-bond donors (Lipinski definition) is 0. The Morgan fingerprint density at radius 1 is 1.31 bits per heavy atom. The molecule has 0 spiro atoms. The lowest BCUT2D eigenvalue weighted by atomic mass is 10.2. The van der Waals surface area contributed by atoms with Crippen molar-refractivity contribution in [2.75, 3.05) is 7.11 Å². The standard InChI is InChI=1S/C12H9BrO3/c1-15-11-9(16-12(14)10(11)13)7-8-5-3-2-4-6-8/h2-7H,1H3/b9-7+. The molecule has 0 aliphatic carbocycles. The third-order valence-corrected chi connectivity index (χ3v) is 2.79. The summed E-state index contributed by atoms with van der Waals surface area (Å²) < 4.78 is 10.5. The fraction of sp³-hybridized carbons (Fsp3) is 0.0833. The summed E-state index contributed by atoms with van der Waals surface area (Å²) in [6, 6.07) is 9.58. The second-order valence-electron chi connectivity index (χ2n) is 3.16. The number of esters is 1. The first-order valence-corrected chi connectivity index (χ1v) is 5.44. The minimum Gasteiger partial charge on any atom is -0.491 e. The second-order valence-corrected chi connectivity index (χ2v) is 3.95. The molecule has 16 heavy (non-hydrogen) atoms. The second kappa shape index (κ2) is 4.53. The van der Waals surface area contributed by atoms with Crippen molar-refractivity contribution in [2.45, 2.75) is 0 Å². The Morgan fingerprint density at radius 3 is 2.62 bits per heavy atom. The van der Waals surface area contributed by atoms with E-state index in [2.05, 4.69) is 15.9 Å². The highest BCUT2D eigenvalue weighted by atomic mass is 79.9. The van der Waals surface area contributed by atoms with E-state index >= 15 is 0 Å². The van der Waals surface area contributed by atoms with Gasteiger partial charge in [0.15, 0.2) is 11.5 Å². The van der Waals surface area contributed by atoms with E-state index in [-0.39, 0.29) is 0 Å². The van der Waals surface area contributed by atoms with Crippen LogP contribution in [0.25, 0.3) is 6.08 Å². The Kier molecular flexibility index (Phi) is 3.10. The summed E-state index contributed by atoms with van der Waals surface area (Å²) in [4.78, 5) is 11.3. The summed E-state index contributed by atoms with van der Waals surface area (Å²) in [5.41, 5.74) is 0.946. The number of ether oxygens (including phenoxy) is 2. The molecule has 0 N–H and O–H groups in total. The van der Waals surface area contributed by atoms with E-state index < -0.39 is 5.97 Å². The van der Waals surface area contributed by atoms with Crippen LogP contribution < -0.4 is 0 Å². The summed E-state index contributed by atoms with van der Waals surface area (Å²) in [5.74, 6) is 0.415. The van der Waals surface area contributed by atoms with Gasteiger partial charge in [-0.15, -0.1) is 0 Å². The number of benzene rings is 1. The van der Waals surface area contributed by atoms with Gasteiger partial charge in [0.05, 0.1) is 7.11 Å². The van der Waals surface area contributed by atoms with Crippen LogP contribution in [0.15, 0.2) is 46.3 Å². The van der Waals surface area contributed by atoms with E-state index in [4.69, 9.17) is 9.47 Å². The Bertz CT molecular complexity index is 474. The topological polar surface area (TPSA) is 35.5 Å². The van der Waals surface area contributed by atoms with Gasteiger partial charge in [0, 0.05) is 0 Å². The fourth-order valence-electron chi connectivity index (χ4n) is 1.38. The van der Waals surface area contributed by atoms with Crippen LogP contribution in [0.3, 0.4) is 0 Å². The molecule has 1 aromatic carbocycles. The zero-order valence-corrected chi connectivity index (χ0v) is 10.2. The highest BCUT2D eigenvalue weighted by molar-refractivity contribution is 9.12. The zero-order chi connectivity index (χ0) is 11.5. The third kappa shape index (κ3) is 2.02. The molecule has 4 heteroatoms. The number of cyclic esters (lactones) is 1. The van der Waals surface area contributed by atoms with Crippen molar-refractivity contribution >= 4 is 28.0 Å². The lowest BCUT2D eigenvalue weighted by Crippen LogP contribution is -1.93. The average molecular weight is 281 g/mol. The summed E-state index contributed by atoms with van der Waals surface area (Å²) in [7, 11) is 1.50. The zero-order valence-electron chi connectivity index (χ0n) is 8.57. The maximum Gasteiger partial charge on any atom is 0.354 e. The summed E-state index contributed by atoms with van der Waals surface area (Å²) >= 11 is 3.12. The van der Waals surface area contributed by atoms with Gasteiger partial charge in [0.1, 0.15) is 4.48 Å². The normalized spacial score (nSPS) is 17.9. The van der Waals surface area contributed by atoms with E-state index in [1.165, 1.54) is 7.11 Å². The predicted molar refractivity (Wildman–Crippen MR) is 63.5 cm³/mol. The Labute approximate surface area is 101 Å². The fourth-order valence-corrected chi connectivity index (χ4v) is 1.82. The maximum absolute atomic E-state index is 11.3. The lowest BCUT2D eigenvalue weighted by molar-refractivity contribution is -0.132. The van der Waals surface area contributed by atoms with Crippen molar-refractivity contribution in [2.24, 2.45) is 0 Å². The molecule has 3 nitrogen and oxygen atoms in total. The van der Waals surface area contributed by atoms with Gasteiger partial charge in [0.25, 0.3) is 0 Å². The molecule has 2 rings (SSSR count). The summed E-state index contributed by atoms with van der Waals surface area (Å²) in [5, 5.41) is 0. The smallest absolute Gasteiger partial charge is 0.354 e. The third-order valence-electron chi connectivity index (χ3n) is 2.11. The number of hydrogen-bond acceptors (Lipinski definition) is 3. The average Bonchev–Trinajstić information content (AvgIpc) is 2.56. The van der Waals surface area contributed by atoms with E-state index in [9.17, 15) is 4.79 Å². The molecule has 1 heterocycles. The lowest BCUT2D eigenvalue weighted by Gasteiger charge is -2.02. The van der Waals surface area contributed by atoms with Crippen LogP contribution in [0.5, 0.6) is 0 Å². The number of halogens is 1. The van der Waals surface area contributed by atoms with Crippen LogP contribution in [0, 0.1) is 0 Å². The molecule has 0 atom stereocenters. The molecule has 0 amide bonds. The predicted octanol–water partition coefficient (Wildman–Crippen LogP) is 2.84. The van der Waals surface area contributed by atoms with Crippen molar-refractivity contribution in [1.82, 2.24) is 0 Å². The van der Waals surface area contributed by atoms with Crippen molar-refractivity contribution in [3.8, 4) is 0 Å². The number of carbonyl (C=O) groups is 1. The molecule has 1 aliphatic heterocycles. The van der Waals surface area contributed by atoms with Crippen LogP contribution in [0.1, 0.15) is 5.56 Å². The van der Waals surface area contributed by atoms with Crippen LogP contribution in [-0.4, -0.2) is 13.1 Å². The molecule has 0 radical (unpaired) electrons. The highest BCUT2D eigenvalue weighted by Crippen LogP contribution is 2.31. The van der Waals surface area contributed by atoms with Crippen molar-refractivity contribution in [1.29, 1.82) is 0 Å². The van der Waals surface area contributed by atoms with Gasteiger partial charge in [-0.2, -0.15) is 0 Å². The van der Waals surface area contributed by atoms with E-state index in [1.807, 2.05) is 30.3 Å². The first kappa shape index (κ1) is 11.0. The molecule has 0 saturated heterocycles. The summed E-state index contributed by atoms with van der Waals surface area (Å²) in [6.07, 6.45) is 1.75. The first-order chi connectivity index (χ1) is 7.72. The quantitative estimate of drug-likeness (QED) is 0.782. The van der Waals surface area contributed by atoms with E-state index in [0.717, 1.165) is 5.56 Å². The Morgan fingerprint density at radius 2 is 2.00 bits per heavy atom. The molecule has 0 bridgehead atoms. The first-order valence-electron chi connectivity index (χ1n) is 4.65. The molecule has 1 aromatic rings. The minimum atomic E-state index is -0.431. The molecule has 1 aliphatic rings. The highest BCUT2D eigenvalue weighted by Gasteiger charge is 2.29. The molecule has 0 fully saturated rings. The van der Waals surface area contributed by atoms with Gasteiger partial charge >= 0.3 is 5.97 Å². The molecule has 0 unspecified atom stereocenters. The minimum absolute atomic E-state index is 0.317. The van der Waals surface area contributed by atoms with Crippen molar-refractivity contribution in [3.63, 3.8) is 0 Å².